The van der Waals surface area contributed by atoms with E-state index in [-0.39, 0.29) is 24.5 Å². The quantitative estimate of drug-likeness (QED) is 0.594. The topological polar surface area (TPSA) is 66.8 Å². The van der Waals surface area contributed by atoms with E-state index in [0.717, 1.165) is 25.2 Å². The molecule has 1 amide bonds. The van der Waals surface area contributed by atoms with Gasteiger partial charge in [0.2, 0.25) is 5.91 Å². The standard InChI is InChI=1S/C27H45NO4/c1-26-14-6-5-8-19(26)16-22(29)25-20-12-11-18(27(20,2)15-13-21(25)26)9-7-10-23(30)28(3)17-24(31)32-4/h18-22,25,29H,5-17H2,1-4H3/t18-,19?,20?,21?,22+,25?,26?,27?/m0/s1. The highest BCUT2D eigenvalue weighted by Crippen LogP contribution is 2.67. The molecule has 4 fully saturated rings. The van der Waals surface area contributed by atoms with Gasteiger partial charge >= 0.3 is 5.97 Å². The molecule has 0 aromatic heterocycles. The molecule has 5 heteroatoms. The summed E-state index contributed by atoms with van der Waals surface area (Å²) >= 11 is 0. The number of hydrogen-bond donors (Lipinski definition) is 1. The fourth-order valence-electron chi connectivity index (χ4n) is 8.87. The van der Waals surface area contributed by atoms with Crippen LogP contribution in [0.5, 0.6) is 0 Å². The van der Waals surface area contributed by atoms with Gasteiger partial charge in [0.05, 0.1) is 13.2 Å². The predicted molar refractivity (Wildman–Crippen MR) is 125 cm³/mol. The highest BCUT2D eigenvalue weighted by atomic mass is 16.5. The Morgan fingerprint density at radius 2 is 1.78 bits per heavy atom. The number of nitrogens with zero attached hydrogens (tertiary/aromatic N) is 1. The normalized spacial score (nSPS) is 43.0. The Bertz CT molecular complexity index is 710. The summed E-state index contributed by atoms with van der Waals surface area (Å²) in [5.41, 5.74) is 0.749. The van der Waals surface area contributed by atoms with Crippen LogP contribution < -0.4 is 0 Å². The molecule has 4 aliphatic carbocycles. The van der Waals surface area contributed by atoms with Gasteiger partial charge in [0.15, 0.2) is 0 Å². The van der Waals surface area contributed by atoms with E-state index in [0.29, 0.717) is 40.9 Å². The first-order valence-electron chi connectivity index (χ1n) is 13.2. The highest BCUT2D eigenvalue weighted by Gasteiger charge is 2.61. The molecular weight excluding hydrogens is 402 g/mol. The van der Waals surface area contributed by atoms with Gasteiger partial charge in [-0.1, -0.05) is 26.7 Å². The number of carbonyl (C=O) groups is 2. The summed E-state index contributed by atoms with van der Waals surface area (Å²) in [6.45, 7) is 5.09. The number of likely N-dealkylation sites (N-methyl/N-ethyl adjacent to an activating group) is 1. The molecular formula is C27H45NO4. The van der Waals surface area contributed by atoms with E-state index in [9.17, 15) is 14.7 Å². The average Bonchev–Trinajstić information content (AvgIpc) is 3.10. The molecule has 8 atom stereocenters. The van der Waals surface area contributed by atoms with E-state index in [2.05, 4.69) is 18.6 Å². The molecule has 0 aromatic rings. The Morgan fingerprint density at radius 1 is 1.03 bits per heavy atom. The molecule has 4 saturated carbocycles. The highest BCUT2D eigenvalue weighted by molar-refractivity contribution is 5.81. The van der Waals surface area contributed by atoms with Crippen LogP contribution >= 0.6 is 0 Å². The molecule has 0 radical (unpaired) electrons. The van der Waals surface area contributed by atoms with Gasteiger partial charge in [-0.15, -0.1) is 0 Å². The number of fused-ring (bicyclic) bond motifs is 5. The third-order valence-electron chi connectivity index (χ3n) is 10.8. The minimum Gasteiger partial charge on any atom is -0.468 e. The smallest absolute Gasteiger partial charge is 0.325 e. The molecule has 1 N–H and O–H groups in total. The Labute approximate surface area is 194 Å². The summed E-state index contributed by atoms with van der Waals surface area (Å²) < 4.78 is 4.67. The van der Waals surface area contributed by atoms with E-state index in [1.807, 2.05) is 0 Å². The minimum atomic E-state index is -0.372. The maximum absolute atomic E-state index is 12.4. The SMILES string of the molecule is COC(=O)CN(C)C(=O)CCC[C@H]1CCC2C3C(CCC21C)C1(C)CCCCC1C[C@H]3O. The zero-order valence-electron chi connectivity index (χ0n) is 20.8. The molecule has 5 nitrogen and oxygen atoms in total. The Morgan fingerprint density at radius 3 is 2.53 bits per heavy atom. The molecule has 0 aliphatic heterocycles. The van der Waals surface area contributed by atoms with Crippen molar-refractivity contribution in [1.29, 1.82) is 0 Å². The number of rotatable bonds is 6. The molecule has 4 aliphatic rings. The zero-order chi connectivity index (χ0) is 23.1. The molecule has 32 heavy (non-hydrogen) atoms. The number of carbonyl (C=O) groups excluding carboxylic acids is 2. The lowest BCUT2D eigenvalue weighted by Gasteiger charge is -2.62. The maximum atomic E-state index is 12.4. The summed E-state index contributed by atoms with van der Waals surface area (Å²) in [6.07, 6.45) is 13.8. The van der Waals surface area contributed by atoms with Crippen molar-refractivity contribution in [2.75, 3.05) is 20.7 Å². The monoisotopic (exact) mass is 447 g/mol. The lowest BCUT2D eigenvalue weighted by Crippen LogP contribution is -2.57. The van der Waals surface area contributed by atoms with Crippen molar-refractivity contribution < 1.29 is 19.4 Å². The summed E-state index contributed by atoms with van der Waals surface area (Å²) in [4.78, 5) is 25.3. The number of aliphatic hydroxyl groups is 1. The van der Waals surface area contributed by atoms with Gasteiger partial charge in [0.25, 0.3) is 0 Å². The van der Waals surface area contributed by atoms with Crippen LogP contribution in [-0.4, -0.2) is 48.7 Å². The summed E-state index contributed by atoms with van der Waals surface area (Å²) in [5.74, 6) is 2.84. The van der Waals surface area contributed by atoms with Crippen LogP contribution in [0.2, 0.25) is 0 Å². The van der Waals surface area contributed by atoms with Crippen LogP contribution in [0.3, 0.4) is 0 Å². The first-order chi connectivity index (χ1) is 15.2. The molecule has 0 bridgehead atoms. The number of hydrogen-bond acceptors (Lipinski definition) is 4. The van der Waals surface area contributed by atoms with Crippen LogP contribution in [-0.2, 0) is 14.3 Å². The van der Waals surface area contributed by atoms with Gasteiger partial charge in [-0.3, -0.25) is 9.59 Å². The number of ether oxygens (including phenoxy) is 1. The second-order valence-electron chi connectivity index (χ2n) is 12.1. The van der Waals surface area contributed by atoms with Gasteiger partial charge in [-0.2, -0.15) is 0 Å². The third kappa shape index (κ3) is 4.12. The van der Waals surface area contributed by atoms with Crippen LogP contribution in [0.25, 0.3) is 0 Å². The van der Waals surface area contributed by atoms with Crippen molar-refractivity contribution in [3.63, 3.8) is 0 Å². The lowest BCUT2D eigenvalue weighted by molar-refractivity contribution is -0.162. The molecule has 6 unspecified atom stereocenters. The Hall–Kier alpha value is -1.10. The Kier molecular flexibility index (Phi) is 6.96. The van der Waals surface area contributed by atoms with Crippen molar-refractivity contribution in [2.45, 2.75) is 97.0 Å². The van der Waals surface area contributed by atoms with Crippen molar-refractivity contribution in [3.05, 3.63) is 0 Å². The maximum Gasteiger partial charge on any atom is 0.325 e. The third-order valence-corrected chi connectivity index (χ3v) is 10.8. The van der Waals surface area contributed by atoms with Gasteiger partial charge < -0.3 is 14.7 Å². The first kappa shape index (κ1) is 24.0. The molecule has 4 rings (SSSR count). The average molecular weight is 448 g/mol. The fourth-order valence-corrected chi connectivity index (χ4v) is 8.87. The molecule has 182 valence electrons. The van der Waals surface area contributed by atoms with E-state index in [1.165, 1.54) is 63.4 Å². The number of methoxy groups -OCH3 is 1. The largest absolute Gasteiger partial charge is 0.468 e. The van der Waals surface area contributed by atoms with Crippen LogP contribution in [0.15, 0.2) is 0 Å². The van der Waals surface area contributed by atoms with Gasteiger partial charge in [-0.25, -0.2) is 0 Å². The van der Waals surface area contributed by atoms with Crippen LogP contribution in [0.1, 0.15) is 90.9 Å². The van der Waals surface area contributed by atoms with Crippen LogP contribution in [0.4, 0.5) is 0 Å². The summed E-state index contributed by atoms with van der Waals surface area (Å²) in [5, 5.41) is 11.3. The van der Waals surface area contributed by atoms with Crippen molar-refractivity contribution in [3.8, 4) is 0 Å². The Balaban J connectivity index is 1.37. The van der Waals surface area contributed by atoms with Crippen LogP contribution in [0, 0.1) is 40.4 Å². The number of esters is 1. The van der Waals surface area contributed by atoms with Crippen molar-refractivity contribution >= 4 is 11.9 Å². The predicted octanol–water partition coefficient (Wildman–Crippen LogP) is 4.81. The van der Waals surface area contributed by atoms with Gasteiger partial charge in [-0.05, 0) is 98.2 Å². The van der Waals surface area contributed by atoms with E-state index in [4.69, 9.17) is 0 Å². The fraction of sp³-hybridized carbons (Fsp3) is 0.926. The van der Waals surface area contributed by atoms with Crippen molar-refractivity contribution in [1.82, 2.24) is 4.90 Å². The minimum absolute atomic E-state index is 0.0257. The van der Waals surface area contributed by atoms with E-state index in [1.54, 1.807) is 7.05 Å². The molecule has 0 heterocycles. The zero-order valence-corrected chi connectivity index (χ0v) is 20.8. The second-order valence-corrected chi connectivity index (χ2v) is 12.1. The number of aliphatic hydroxyl groups excluding tert-OH is 1. The molecule has 0 spiro atoms. The van der Waals surface area contributed by atoms with Gasteiger partial charge in [0.1, 0.15) is 6.54 Å². The summed E-state index contributed by atoms with van der Waals surface area (Å²) in [7, 11) is 3.03. The molecule has 0 aromatic carbocycles. The second kappa shape index (κ2) is 9.27. The molecule has 0 saturated heterocycles. The summed E-state index contributed by atoms with van der Waals surface area (Å²) in [6, 6.07) is 0. The first-order valence-corrected chi connectivity index (χ1v) is 13.2. The van der Waals surface area contributed by atoms with E-state index >= 15 is 0 Å². The van der Waals surface area contributed by atoms with E-state index < -0.39 is 0 Å². The van der Waals surface area contributed by atoms with Crippen molar-refractivity contribution in [2.24, 2.45) is 40.4 Å². The number of amides is 1. The van der Waals surface area contributed by atoms with Gasteiger partial charge in [0, 0.05) is 13.5 Å². The lowest BCUT2D eigenvalue weighted by atomic mass is 9.44.